The number of hydrogen-bond acceptors (Lipinski definition) is 4. The van der Waals surface area contributed by atoms with Gasteiger partial charge in [0.05, 0.1) is 0 Å². The highest BCUT2D eigenvalue weighted by atomic mass is 15.3. The van der Waals surface area contributed by atoms with E-state index >= 15 is 0 Å². The molecule has 0 aliphatic carbocycles. The zero-order valence-corrected chi connectivity index (χ0v) is 12.6. The van der Waals surface area contributed by atoms with Gasteiger partial charge < -0.3 is 10.6 Å². The summed E-state index contributed by atoms with van der Waals surface area (Å²) in [5.41, 5.74) is 8.34. The molecule has 4 nitrogen and oxygen atoms in total. The van der Waals surface area contributed by atoms with E-state index in [9.17, 15) is 0 Å². The first-order valence-electron chi connectivity index (χ1n) is 7.24. The molecule has 0 atom stereocenters. The SMILES string of the molecule is Cc1cc(C(C)C)nc(N2CCC(C)(CN)CC2)n1. The third kappa shape index (κ3) is 3.24. The fourth-order valence-corrected chi connectivity index (χ4v) is 2.46. The molecule has 1 saturated heterocycles. The normalized spacial score (nSPS) is 18.9. The highest BCUT2D eigenvalue weighted by molar-refractivity contribution is 5.34. The lowest BCUT2D eigenvalue weighted by Gasteiger charge is -2.38. The maximum atomic E-state index is 5.86. The van der Waals surface area contributed by atoms with E-state index in [0.717, 1.165) is 49.8 Å². The predicted molar refractivity (Wildman–Crippen MR) is 79.5 cm³/mol. The fraction of sp³-hybridized carbons (Fsp3) is 0.733. The maximum absolute atomic E-state index is 5.86. The molecule has 0 radical (unpaired) electrons. The van der Waals surface area contributed by atoms with Crippen LogP contribution in [-0.4, -0.2) is 29.6 Å². The third-order valence-electron chi connectivity index (χ3n) is 4.20. The Hall–Kier alpha value is -1.16. The molecule has 0 amide bonds. The Bertz CT molecular complexity index is 434. The van der Waals surface area contributed by atoms with Crippen molar-refractivity contribution >= 4 is 5.95 Å². The van der Waals surface area contributed by atoms with Crippen LogP contribution in [0.1, 0.15) is 50.9 Å². The summed E-state index contributed by atoms with van der Waals surface area (Å²) in [4.78, 5) is 11.6. The lowest BCUT2D eigenvalue weighted by Crippen LogP contribution is -2.43. The summed E-state index contributed by atoms with van der Waals surface area (Å²) in [6.07, 6.45) is 2.25. The van der Waals surface area contributed by atoms with Crippen LogP contribution in [0.4, 0.5) is 5.95 Å². The molecule has 4 heteroatoms. The van der Waals surface area contributed by atoms with Crippen molar-refractivity contribution < 1.29 is 0 Å². The van der Waals surface area contributed by atoms with Gasteiger partial charge in [-0.05, 0) is 43.7 Å². The molecule has 2 N–H and O–H groups in total. The molecule has 0 unspecified atom stereocenters. The van der Waals surface area contributed by atoms with Crippen LogP contribution < -0.4 is 10.6 Å². The summed E-state index contributed by atoms with van der Waals surface area (Å²) in [6.45, 7) is 11.5. The Kier molecular flexibility index (Phi) is 4.09. The number of hydrogen-bond donors (Lipinski definition) is 1. The van der Waals surface area contributed by atoms with Crippen LogP contribution in [-0.2, 0) is 0 Å². The molecule has 0 spiro atoms. The molecule has 106 valence electrons. The van der Waals surface area contributed by atoms with E-state index in [-0.39, 0.29) is 0 Å². The first-order chi connectivity index (χ1) is 8.93. The molecule has 1 aliphatic heterocycles. The van der Waals surface area contributed by atoms with E-state index in [2.05, 4.69) is 36.7 Å². The molecule has 2 heterocycles. The number of nitrogens with zero attached hydrogens (tertiary/aromatic N) is 3. The van der Waals surface area contributed by atoms with Gasteiger partial charge in [-0.3, -0.25) is 0 Å². The summed E-state index contributed by atoms with van der Waals surface area (Å²) in [7, 11) is 0. The minimum Gasteiger partial charge on any atom is -0.341 e. The van der Waals surface area contributed by atoms with Crippen molar-refractivity contribution in [1.82, 2.24) is 9.97 Å². The Morgan fingerprint density at radius 2 is 1.95 bits per heavy atom. The third-order valence-corrected chi connectivity index (χ3v) is 4.20. The molecule has 0 aromatic carbocycles. The van der Waals surface area contributed by atoms with Gasteiger partial charge in [0, 0.05) is 24.5 Å². The van der Waals surface area contributed by atoms with Crippen LogP contribution in [0.3, 0.4) is 0 Å². The molecule has 1 aromatic heterocycles. The molecule has 1 aliphatic rings. The van der Waals surface area contributed by atoms with Crippen molar-refractivity contribution in [3.63, 3.8) is 0 Å². The van der Waals surface area contributed by atoms with Gasteiger partial charge in [0.1, 0.15) is 0 Å². The predicted octanol–water partition coefficient (Wildman–Crippen LogP) is 2.47. The van der Waals surface area contributed by atoms with Crippen LogP contribution >= 0.6 is 0 Å². The summed E-state index contributed by atoms with van der Waals surface area (Å²) in [5.74, 6) is 1.34. The molecular weight excluding hydrogens is 236 g/mol. The largest absolute Gasteiger partial charge is 0.341 e. The number of piperidine rings is 1. The smallest absolute Gasteiger partial charge is 0.225 e. The van der Waals surface area contributed by atoms with Gasteiger partial charge in [-0.2, -0.15) is 0 Å². The molecular formula is C15H26N4. The molecule has 1 aromatic rings. The summed E-state index contributed by atoms with van der Waals surface area (Å²) in [5, 5.41) is 0. The Balaban J connectivity index is 2.15. The first-order valence-corrected chi connectivity index (χ1v) is 7.24. The second-order valence-corrected chi connectivity index (χ2v) is 6.39. The fourth-order valence-electron chi connectivity index (χ4n) is 2.46. The van der Waals surface area contributed by atoms with E-state index in [1.54, 1.807) is 0 Å². The van der Waals surface area contributed by atoms with Crippen LogP contribution in [0.5, 0.6) is 0 Å². The van der Waals surface area contributed by atoms with Gasteiger partial charge in [0.25, 0.3) is 0 Å². The van der Waals surface area contributed by atoms with E-state index in [1.807, 2.05) is 6.92 Å². The number of aryl methyl sites for hydroxylation is 1. The van der Waals surface area contributed by atoms with E-state index < -0.39 is 0 Å². The maximum Gasteiger partial charge on any atom is 0.225 e. The van der Waals surface area contributed by atoms with Gasteiger partial charge in [0.15, 0.2) is 0 Å². The minimum atomic E-state index is 0.293. The summed E-state index contributed by atoms with van der Waals surface area (Å²) >= 11 is 0. The quantitative estimate of drug-likeness (QED) is 0.909. The van der Waals surface area contributed by atoms with Crippen molar-refractivity contribution in [1.29, 1.82) is 0 Å². The molecule has 0 bridgehead atoms. The van der Waals surface area contributed by atoms with Crippen LogP contribution in [0.15, 0.2) is 6.07 Å². The second-order valence-electron chi connectivity index (χ2n) is 6.39. The van der Waals surface area contributed by atoms with Gasteiger partial charge >= 0.3 is 0 Å². The van der Waals surface area contributed by atoms with Crippen LogP contribution in [0.2, 0.25) is 0 Å². The van der Waals surface area contributed by atoms with Crippen molar-refractivity contribution in [3.05, 3.63) is 17.5 Å². The van der Waals surface area contributed by atoms with Gasteiger partial charge in [-0.15, -0.1) is 0 Å². The second kappa shape index (κ2) is 5.45. The highest BCUT2D eigenvalue weighted by Crippen LogP contribution is 2.31. The van der Waals surface area contributed by atoms with Crippen LogP contribution in [0, 0.1) is 12.3 Å². The van der Waals surface area contributed by atoms with Gasteiger partial charge in [-0.1, -0.05) is 20.8 Å². The zero-order valence-electron chi connectivity index (χ0n) is 12.6. The van der Waals surface area contributed by atoms with Gasteiger partial charge in [-0.25, -0.2) is 9.97 Å². The lowest BCUT2D eigenvalue weighted by atomic mass is 9.81. The molecule has 0 saturated carbocycles. The summed E-state index contributed by atoms with van der Waals surface area (Å²) < 4.78 is 0. The van der Waals surface area contributed by atoms with Crippen LogP contribution in [0.25, 0.3) is 0 Å². The van der Waals surface area contributed by atoms with Gasteiger partial charge in [0.2, 0.25) is 5.95 Å². The Morgan fingerprint density at radius 1 is 1.32 bits per heavy atom. The van der Waals surface area contributed by atoms with E-state index in [1.165, 1.54) is 0 Å². The summed E-state index contributed by atoms with van der Waals surface area (Å²) in [6, 6.07) is 2.09. The standard InChI is InChI=1S/C15H26N4/c1-11(2)13-9-12(3)17-14(18-13)19-7-5-15(4,10-16)6-8-19/h9,11H,5-8,10,16H2,1-4H3. The lowest BCUT2D eigenvalue weighted by molar-refractivity contribution is 0.257. The van der Waals surface area contributed by atoms with Crippen molar-refractivity contribution in [2.24, 2.45) is 11.1 Å². The zero-order chi connectivity index (χ0) is 14.0. The average Bonchev–Trinajstić information content (AvgIpc) is 2.39. The molecule has 19 heavy (non-hydrogen) atoms. The van der Waals surface area contributed by atoms with Crippen molar-refractivity contribution in [3.8, 4) is 0 Å². The topological polar surface area (TPSA) is 55.0 Å². The Morgan fingerprint density at radius 3 is 2.47 bits per heavy atom. The minimum absolute atomic E-state index is 0.293. The van der Waals surface area contributed by atoms with E-state index in [0.29, 0.717) is 11.3 Å². The molecule has 1 fully saturated rings. The number of rotatable bonds is 3. The van der Waals surface area contributed by atoms with Crippen molar-refractivity contribution in [2.45, 2.75) is 46.5 Å². The number of anilines is 1. The Labute approximate surface area is 116 Å². The molecule has 2 rings (SSSR count). The monoisotopic (exact) mass is 262 g/mol. The van der Waals surface area contributed by atoms with Crippen molar-refractivity contribution in [2.75, 3.05) is 24.5 Å². The average molecular weight is 262 g/mol. The van der Waals surface area contributed by atoms with E-state index in [4.69, 9.17) is 10.7 Å². The highest BCUT2D eigenvalue weighted by Gasteiger charge is 2.29. The number of aromatic nitrogens is 2. The number of nitrogens with two attached hydrogens (primary N) is 1. The first kappa shape index (κ1) is 14.3.